The van der Waals surface area contributed by atoms with Gasteiger partial charge in [0, 0.05) is 36.8 Å². The van der Waals surface area contributed by atoms with Gasteiger partial charge in [0.2, 0.25) is 18.6 Å². The van der Waals surface area contributed by atoms with Crippen molar-refractivity contribution in [1.82, 2.24) is 15.1 Å². The minimum atomic E-state index is -0.298. The van der Waals surface area contributed by atoms with E-state index in [4.69, 9.17) is 14.2 Å². The maximum absolute atomic E-state index is 12.5. The molecule has 1 aromatic carbocycles. The number of aromatic nitrogens is 2. The largest absolute Gasteiger partial charge is 0.454 e. The molecule has 158 valence electrons. The van der Waals surface area contributed by atoms with Gasteiger partial charge in [0.15, 0.2) is 11.5 Å². The lowest BCUT2D eigenvalue weighted by Gasteiger charge is -2.10. The monoisotopic (exact) mass is 430 g/mol. The van der Waals surface area contributed by atoms with Gasteiger partial charge in [0.05, 0.1) is 12.3 Å². The van der Waals surface area contributed by atoms with E-state index in [9.17, 15) is 9.59 Å². The second-order valence-electron chi connectivity index (χ2n) is 6.70. The van der Waals surface area contributed by atoms with Crippen molar-refractivity contribution in [3.8, 4) is 11.5 Å². The number of nitrogens with zero attached hydrogens (tertiary/aromatic N) is 2. The number of rotatable bonds is 8. The van der Waals surface area contributed by atoms with Gasteiger partial charge >= 0.3 is 0 Å². The molecule has 0 spiro atoms. The summed E-state index contributed by atoms with van der Waals surface area (Å²) >= 11 is 1.73. The Hall–Kier alpha value is -2.98. The van der Waals surface area contributed by atoms with E-state index in [-0.39, 0.29) is 25.2 Å². The van der Waals surface area contributed by atoms with E-state index in [0.29, 0.717) is 30.5 Å². The Morgan fingerprint density at radius 3 is 3.03 bits per heavy atom. The molecule has 9 nitrogen and oxygen atoms in total. The van der Waals surface area contributed by atoms with Gasteiger partial charge in [-0.25, -0.2) is 4.68 Å². The molecule has 2 aromatic rings. The van der Waals surface area contributed by atoms with E-state index < -0.39 is 0 Å². The van der Waals surface area contributed by atoms with Crippen molar-refractivity contribution in [2.45, 2.75) is 18.1 Å². The first kappa shape index (κ1) is 20.3. The number of benzene rings is 1. The normalized spacial score (nSPS) is 14.2. The number of ether oxygens (including phenoxy) is 3. The average Bonchev–Trinajstić information content (AvgIpc) is 3.44. The lowest BCUT2D eigenvalue weighted by molar-refractivity contribution is -0.122. The van der Waals surface area contributed by atoms with E-state index >= 15 is 0 Å². The lowest BCUT2D eigenvalue weighted by atomic mass is 10.2. The first-order valence-electron chi connectivity index (χ1n) is 9.44. The van der Waals surface area contributed by atoms with Crippen LogP contribution < -0.4 is 20.1 Å². The van der Waals surface area contributed by atoms with Gasteiger partial charge in [0.1, 0.15) is 12.4 Å². The SMILES string of the molecule is COCCNC(=O)Cn1nc2c(c1NC(=O)/C=C/c1ccc3c(c1)OCO3)CSC2. The molecule has 0 unspecified atom stereocenters. The van der Waals surface area contributed by atoms with E-state index in [0.717, 1.165) is 28.3 Å². The Morgan fingerprint density at radius 1 is 1.30 bits per heavy atom. The van der Waals surface area contributed by atoms with Gasteiger partial charge in [-0.1, -0.05) is 6.07 Å². The molecule has 0 atom stereocenters. The summed E-state index contributed by atoms with van der Waals surface area (Å²) in [5.41, 5.74) is 2.69. The summed E-state index contributed by atoms with van der Waals surface area (Å²) in [6, 6.07) is 5.47. The predicted octanol–water partition coefficient (Wildman–Crippen LogP) is 1.77. The Labute approximate surface area is 177 Å². The van der Waals surface area contributed by atoms with Gasteiger partial charge in [-0.15, -0.1) is 0 Å². The molecule has 2 amide bonds. The van der Waals surface area contributed by atoms with Crippen LogP contribution in [0.1, 0.15) is 16.8 Å². The van der Waals surface area contributed by atoms with E-state index in [1.165, 1.54) is 6.08 Å². The fourth-order valence-electron chi connectivity index (χ4n) is 3.15. The van der Waals surface area contributed by atoms with Crippen molar-refractivity contribution >= 4 is 35.5 Å². The molecule has 0 saturated carbocycles. The maximum atomic E-state index is 12.5. The molecule has 0 saturated heterocycles. The summed E-state index contributed by atoms with van der Waals surface area (Å²) in [6.07, 6.45) is 3.15. The van der Waals surface area contributed by atoms with Gasteiger partial charge in [0.25, 0.3) is 0 Å². The molecule has 2 aliphatic heterocycles. The zero-order valence-corrected chi connectivity index (χ0v) is 17.3. The highest BCUT2D eigenvalue weighted by atomic mass is 32.2. The van der Waals surface area contributed by atoms with Crippen LogP contribution in [0, 0.1) is 0 Å². The molecule has 2 aliphatic rings. The number of hydrogen-bond donors (Lipinski definition) is 2. The summed E-state index contributed by atoms with van der Waals surface area (Å²) in [6.45, 7) is 1.09. The zero-order valence-electron chi connectivity index (χ0n) is 16.5. The van der Waals surface area contributed by atoms with Crippen molar-refractivity contribution in [2.75, 3.05) is 32.4 Å². The van der Waals surface area contributed by atoms with Crippen LogP contribution in [0.5, 0.6) is 11.5 Å². The summed E-state index contributed by atoms with van der Waals surface area (Å²) in [5, 5.41) is 10.2. The molecule has 10 heteroatoms. The highest BCUT2D eigenvalue weighted by Gasteiger charge is 2.24. The van der Waals surface area contributed by atoms with Crippen LogP contribution in [0.15, 0.2) is 24.3 Å². The summed E-state index contributed by atoms with van der Waals surface area (Å²) in [4.78, 5) is 24.7. The smallest absolute Gasteiger partial charge is 0.249 e. The van der Waals surface area contributed by atoms with Crippen molar-refractivity contribution in [3.05, 3.63) is 41.1 Å². The van der Waals surface area contributed by atoms with Gasteiger partial charge in [-0.3, -0.25) is 9.59 Å². The third-order valence-corrected chi connectivity index (χ3v) is 5.58. The standard InChI is InChI=1S/C20H22N4O5S/c1-27-7-6-21-19(26)9-24-20(14-10-30-11-15(14)23-24)22-18(25)5-3-13-2-4-16-17(8-13)29-12-28-16/h2-5,8H,6-7,9-12H2,1H3,(H,21,26)(H,22,25)/b5-3+. The second kappa shape index (κ2) is 9.23. The number of amides is 2. The molecule has 3 heterocycles. The Morgan fingerprint density at radius 2 is 2.17 bits per heavy atom. The highest BCUT2D eigenvalue weighted by molar-refractivity contribution is 7.98. The fraction of sp³-hybridized carbons (Fsp3) is 0.350. The Kier molecular flexibility index (Phi) is 6.24. The van der Waals surface area contributed by atoms with Crippen LogP contribution in [-0.4, -0.2) is 48.6 Å². The number of fused-ring (bicyclic) bond motifs is 2. The Balaban J connectivity index is 1.44. The van der Waals surface area contributed by atoms with Crippen LogP contribution in [-0.2, 0) is 32.4 Å². The summed E-state index contributed by atoms with van der Waals surface area (Å²) in [7, 11) is 1.58. The molecular formula is C20H22N4O5S. The summed E-state index contributed by atoms with van der Waals surface area (Å²) in [5.74, 6) is 2.95. The average molecular weight is 430 g/mol. The summed E-state index contributed by atoms with van der Waals surface area (Å²) < 4.78 is 17.1. The number of hydrogen-bond acceptors (Lipinski definition) is 7. The van der Waals surface area contributed by atoms with Crippen molar-refractivity contribution in [2.24, 2.45) is 0 Å². The molecule has 0 aliphatic carbocycles. The topological polar surface area (TPSA) is 104 Å². The van der Waals surface area contributed by atoms with Crippen LogP contribution in [0.4, 0.5) is 5.82 Å². The van der Waals surface area contributed by atoms with Crippen LogP contribution in [0.25, 0.3) is 6.08 Å². The van der Waals surface area contributed by atoms with Crippen molar-refractivity contribution < 1.29 is 23.8 Å². The number of nitrogens with one attached hydrogen (secondary N) is 2. The zero-order chi connectivity index (χ0) is 20.9. The molecule has 0 bridgehead atoms. The molecule has 0 radical (unpaired) electrons. The van der Waals surface area contributed by atoms with E-state index in [1.807, 2.05) is 12.1 Å². The Bertz CT molecular complexity index is 988. The quantitative estimate of drug-likeness (QED) is 0.486. The van der Waals surface area contributed by atoms with Gasteiger partial charge in [-0.2, -0.15) is 16.9 Å². The van der Waals surface area contributed by atoms with Crippen LogP contribution in [0.2, 0.25) is 0 Å². The highest BCUT2D eigenvalue weighted by Crippen LogP contribution is 2.35. The minimum Gasteiger partial charge on any atom is -0.454 e. The lowest BCUT2D eigenvalue weighted by Crippen LogP contribution is -2.31. The van der Waals surface area contributed by atoms with Gasteiger partial charge in [-0.05, 0) is 23.8 Å². The second-order valence-corrected chi connectivity index (χ2v) is 7.69. The third kappa shape index (κ3) is 4.60. The number of anilines is 1. The number of carbonyl (C=O) groups excluding carboxylic acids is 2. The van der Waals surface area contributed by atoms with E-state index in [2.05, 4.69) is 15.7 Å². The van der Waals surface area contributed by atoms with Crippen molar-refractivity contribution in [1.29, 1.82) is 0 Å². The van der Waals surface area contributed by atoms with Crippen LogP contribution >= 0.6 is 11.8 Å². The molecular weight excluding hydrogens is 408 g/mol. The first-order chi connectivity index (χ1) is 14.6. The van der Waals surface area contributed by atoms with Crippen molar-refractivity contribution in [3.63, 3.8) is 0 Å². The predicted molar refractivity (Wildman–Crippen MR) is 112 cm³/mol. The molecule has 2 N–H and O–H groups in total. The molecule has 30 heavy (non-hydrogen) atoms. The number of methoxy groups -OCH3 is 1. The van der Waals surface area contributed by atoms with E-state index in [1.54, 1.807) is 35.7 Å². The number of carbonyl (C=O) groups is 2. The first-order valence-corrected chi connectivity index (χ1v) is 10.6. The fourth-order valence-corrected chi connectivity index (χ4v) is 4.19. The maximum Gasteiger partial charge on any atom is 0.249 e. The third-order valence-electron chi connectivity index (χ3n) is 4.61. The minimum absolute atomic E-state index is 0.0306. The van der Waals surface area contributed by atoms with Gasteiger partial charge < -0.3 is 24.8 Å². The van der Waals surface area contributed by atoms with Crippen LogP contribution in [0.3, 0.4) is 0 Å². The molecule has 0 fully saturated rings. The molecule has 1 aromatic heterocycles. The molecule has 4 rings (SSSR count). The number of thioether (sulfide) groups is 1.